The van der Waals surface area contributed by atoms with Crippen molar-refractivity contribution < 1.29 is 8.78 Å². The van der Waals surface area contributed by atoms with Crippen LogP contribution < -0.4 is 10.6 Å². The van der Waals surface area contributed by atoms with Crippen molar-refractivity contribution in [2.75, 3.05) is 18.9 Å². The van der Waals surface area contributed by atoms with Crippen LogP contribution in [0.1, 0.15) is 72.1 Å². The van der Waals surface area contributed by atoms with E-state index < -0.39 is 17.0 Å². The molecule has 3 N–H and O–H groups in total. The van der Waals surface area contributed by atoms with Gasteiger partial charge in [-0.05, 0) is 62.3 Å². The lowest BCUT2D eigenvalue weighted by Gasteiger charge is -2.36. The molecule has 0 spiro atoms. The maximum atomic E-state index is 15.8. The van der Waals surface area contributed by atoms with Gasteiger partial charge in [-0.1, -0.05) is 65.5 Å². The number of dihydropyridines is 1. The Hall–Kier alpha value is -3.54. The zero-order valence-electron chi connectivity index (χ0n) is 26.0. The van der Waals surface area contributed by atoms with Crippen molar-refractivity contribution in [1.29, 1.82) is 0 Å². The van der Waals surface area contributed by atoms with Gasteiger partial charge in [0.1, 0.15) is 0 Å². The Bertz CT molecular complexity index is 1500. The molecule has 0 aliphatic carbocycles. The number of fused-ring (bicyclic) bond motifs is 1. The van der Waals surface area contributed by atoms with Crippen molar-refractivity contribution >= 4 is 22.3 Å². The van der Waals surface area contributed by atoms with Crippen molar-refractivity contribution in [3.63, 3.8) is 0 Å². The van der Waals surface area contributed by atoms with Gasteiger partial charge in [0.25, 0.3) is 0 Å². The molecule has 3 heterocycles. The number of benzene rings is 1. The summed E-state index contributed by atoms with van der Waals surface area (Å²) < 4.78 is 30.8. The number of aromatic amines is 1. The summed E-state index contributed by atoms with van der Waals surface area (Å²) in [4.78, 5) is 5.83. The van der Waals surface area contributed by atoms with Gasteiger partial charge < -0.3 is 20.5 Å². The van der Waals surface area contributed by atoms with Crippen LogP contribution in [0, 0.1) is 29.9 Å². The van der Waals surface area contributed by atoms with E-state index >= 15 is 8.78 Å². The summed E-state index contributed by atoms with van der Waals surface area (Å²) in [6, 6.07) is 1.51. The fourth-order valence-corrected chi connectivity index (χ4v) is 6.65. The summed E-state index contributed by atoms with van der Waals surface area (Å²) in [6.07, 6.45) is 11.4. The molecule has 220 valence electrons. The van der Waals surface area contributed by atoms with Gasteiger partial charge in [-0.25, -0.2) is 8.78 Å². The Labute approximate surface area is 244 Å². The van der Waals surface area contributed by atoms with E-state index in [0.29, 0.717) is 22.7 Å². The zero-order chi connectivity index (χ0) is 30.2. The Morgan fingerprint density at radius 1 is 1.20 bits per heavy atom. The summed E-state index contributed by atoms with van der Waals surface area (Å²) in [6.45, 7) is 24.1. The van der Waals surface area contributed by atoms with Crippen LogP contribution in [0.3, 0.4) is 0 Å². The number of rotatable bonds is 9. The number of anilines is 1. The predicted octanol–water partition coefficient (Wildman–Crippen LogP) is 9.12. The number of hydrogen-bond acceptors (Lipinski definition) is 3. The van der Waals surface area contributed by atoms with Crippen molar-refractivity contribution in [1.82, 2.24) is 15.2 Å². The van der Waals surface area contributed by atoms with E-state index in [-0.39, 0.29) is 11.4 Å². The van der Waals surface area contributed by atoms with E-state index in [1.165, 1.54) is 6.07 Å². The smallest absolute Gasteiger partial charge is 0.169 e. The molecule has 1 aromatic heterocycles. The largest absolute Gasteiger partial charge is 0.386 e. The lowest BCUT2D eigenvalue weighted by Crippen LogP contribution is -2.33. The van der Waals surface area contributed by atoms with Crippen molar-refractivity contribution in [3.8, 4) is 0 Å². The fraction of sp³-hybridized carbons (Fsp3) is 0.429. The molecule has 0 amide bonds. The van der Waals surface area contributed by atoms with E-state index in [2.05, 4.69) is 86.5 Å². The SMILES string of the molecule is C=C/C(=C(\c1c(C)[nH]c2c(NC)cc(F)c(F)c12)N1CCC(CC)C1CC)C(C)(C)/C=C\C1=C(C)C=C(C)C(=C)N1. The van der Waals surface area contributed by atoms with Gasteiger partial charge in [0.15, 0.2) is 11.6 Å². The zero-order valence-corrected chi connectivity index (χ0v) is 26.0. The lowest BCUT2D eigenvalue weighted by atomic mass is 9.80. The Kier molecular flexibility index (Phi) is 8.72. The summed E-state index contributed by atoms with van der Waals surface area (Å²) >= 11 is 0. The highest BCUT2D eigenvalue weighted by Crippen LogP contribution is 2.46. The van der Waals surface area contributed by atoms with Crippen LogP contribution in [0.5, 0.6) is 0 Å². The molecule has 2 atom stereocenters. The second-order valence-electron chi connectivity index (χ2n) is 12.0. The molecule has 1 aromatic carbocycles. The van der Waals surface area contributed by atoms with Gasteiger partial charge in [0.2, 0.25) is 0 Å². The highest BCUT2D eigenvalue weighted by molar-refractivity contribution is 6.01. The van der Waals surface area contributed by atoms with Gasteiger partial charge in [0.05, 0.1) is 16.9 Å². The topological polar surface area (TPSA) is 43.1 Å². The molecule has 4 rings (SSSR count). The quantitative estimate of drug-likeness (QED) is 0.268. The standard InChI is InChI=1S/C35H46F2N4/c1-11-24-15-17-41(29(24)13-3)34(30-23(7)40-33-28(38-10)19-26(36)32(37)31(30)33)25(12-2)35(8,9)16-14-27-21(5)18-20(4)22(6)39-27/h12,14,16,18-19,24,29,38-40H,2,6,11,13,15,17H2,1,3-5,7-10H3/b16-14-,34-25-. The number of aryl methyl sites for hydroxylation is 1. The Balaban J connectivity index is 2.02. The van der Waals surface area contributed by atoms with Gasteiger partial charge >= 0.3 is 0 Å². The molecule has 41 heavy (non-hydrogen) atoms. The maximum absolute atomic E-state index is 15.8. The Morgan fingerprint density at radius 3 is 2.51 bits per heavy atom. The van der Waals surface area contributed by atoms with Gasteiger partial charge in [-0.3, -0.25) is 0 Å². The molecule has 1 saturated heterocycles. The lowest BCUT2D eigenvalue weighted by molar-refractivity contribution is 0.300. The number of nitrogens with one attached hydrogen (secondary N) is 3. The van der Waals surface area contributed by atoms with Crippen molar-refractivity contribution in [2.24, 2.45) is 11.3 Å². The number of hydrogen-bond donors (Lipinski definition) is 3. The van der Waals surface area contributed by atoms with Crippen LogP contribution in [-0.2, 0) is 0 Å². The number of H-pyrrole nitrogens is 1. The predicted molar refractivity (Wildman–Crippen MR) is 170 cm³/mol. The molecule has 0 bridgehead atoms. The van der Waals surface area contributed by atoms with Gasteiger partial charge in [-0.2, -0.15) is 0 Å². The van der Waals surface area contributed by atoms with Crippen LogP contribution in [-0.4, -0.2) is 29.5 Å². The molecule has 2 aromatic rings. The molecule has 6 heteroatoms. The van der Waals surface area contributed by atoms with E-state index in [0.717, 1.165) is 65.3 Å². The molecular formula is C35H46F2N4. The minimum absolute atomic E-state index is 0.278. The number of allylic oxidation sites excluding steroid dienone is 7. The minimum atomic E-state index is -0.866. The summed E-state index contributed by atoms with van der Waals surface area (Å²) in [5, 5.41) is 6.74. The summed E-state index contributed by atoms with van der Waals surface area (Å²) in [7, 11) is 1.72. The molecule has 1 fully saturated rings. The van der Waals surface area contributed by atoms with Gasteiger partial charge in [-0.15, -0.1) is 0 Å². The van der Waals surface area contributed by atoms with E-state index in [9.17, 15) is 0 Å². The van der Waals surface area contributed by atoms with Crippen molar-refractivity contribution in [3.05, 3.63) is 94.5 Å². The number of nitrogens with zero attached hydrogens (tertiary/aromatic N) is 1. The molecule has 2 aliphatic heterocycles. The third kappa shape index (κ3) is 5.41. The number of aromatic nitrogens is 1. The van der Waals surface area contributed by atoms with E-state index in [1.54, 1.807) is 7.05 Å². The average Bonchev–Trinajstić information content (AvgIpc) is 3.50. The van der Waals surface area contributed by atoms with Crippen LogP contribution in [0.15, 0.2) is 71.6 Å². The summed E-state index contributed by atoms with van der Waals surface area (Å²) in [5.41, 5.74) is 8.14. The summed E-state index contributed by atoms with van der Waals surface area (Å²) in [5.74, 6) is -1.17. The third-order valence-electron chi connectivity index (χ3n) is 9.02. The molecule has 0 saturated carbocycles. The van der Waals surface area contributed by atoms with E-state index in [1.807, 2.05) is 19.9 Å². The van der Waals surface area contributed by atoms with Crippen LogP contribution in [0.4, 0.5) is 14.5 Å². The van der Waals surface area contributed by atoms with Crippen LogP contribution >= 0.6 is 0 Å². The second-order valence-corrected chi connectivity index (χ2v) is 12.0. The number of likely N-dealkylation sites (tertiary alicyclic amines) is 1. The van der Waals surface area contributed by atoms with Crippen molar-refractivity contribution in [2.45, 2.75) is 73.8 Å². The monoisotopic (exact) mass is 560 g/mol. The first-order valence-corrected chi connectivity index (χ1v) is 14.8. The molecule has 4 nitrogen and oxygen atoms in total. The highest BCUT2D eigenvalue weighted by atomic mass is 19.2. The first kappa shape index (κ1) is 30.4. The third-order valence-corrected chi connectivity index (χ3v) is 9.02. The highest BCUT2D eigenvalue weighted by Gasteiger charge is 2.38. The van der Waals surface area contributed by atoms with Crippen LogP contribution in [0.25, 0.3) is 16.6 Å². The normalized spacial score (nSPS) is 20.6. The molecule has 2 unspecified atom stereocenters. The molecule has 2 aliphatic rings. The van der Waals surface area contributed by atoms with Gasteiger partial charge in [0, 0.05) is 59.2 Å². The van der Waals surface area contributed by atoms with E-state index in [4.69, 9.17) is 0 Å². The molecule has 0 radical (unpaired) electrons. The maximum Gasteiger partial charge on any atom is 0.169 e. The van der Waals surface area contributed by atoms with Crippen LogP contribution in [0.2, 0.25) is 0 Å². The molecular weight excluding hydrogens is 514 g/mol. The first-order chi connectivity index (χ1) is 19.4. The average molecular weight is 561 g/mol. The number of halogens is 2. The minimum Gasteiger partial charge on any atom is -0.386 e. The fourth-order valence-electron chi connectivity index (χ4n) is 6.65. The Morgan fingerprint density at radius 2 is 1.90 bits per heavy atom. The second kappa shape index (κ2) is 11.8. The first-order valence-electron chi connectivity index (χ1n) is 14.8.